The minimum atomic E-state index is -1.05. The van der Waals surface area contributed by atoms with E-state index in [1.165, 1.54) is 0 Å². The zero-order chi connectivity index (χ0) is 13.8. The second kappa shape index (κ2) is 5.87. The maximum absolute atomic E-state index is 11.1. The number of rotatable bonds is 4. The van der Waals surface area contributed by atoms with Crippen LogP contribution in [-0.2, 0) is 0 Å². The average Bonchev–Trinajstić information content (AvgIpc) is 2.39. The van der Waals surface area contributed by atoms with Crippen LogP contribution in [0.15, 0.2) is 48.5 Å². The number of aromatic carboxylic acids is 2. The third-order valence-corrected chi connectivity index (χ3v) is 5.74. The van der Waals surface area contributed by atoms with Gasteiger partial charge in [0.15, 0.2) is 0 Å². The summed E-state index contributed by atoms with van der Waals surface area (Å²) in [4.78, 5) is 22.3. The van der Waals surface area contributed by atoms with Gasteiger partial charge in [-0.2, -0.15) is 0 Å². The Morgan fingerprint density at radius 1 is 0.737 bits per heavy atom. The van der Waals surface area contributed by atoms with E-state index in [0.29, 0.717) is 0 Å². The van der Waals surface area contributed by atoms with Crippen molar-refractivity contribution in [2.45, 2.75) is 0 Å². The van der Waals surface area contributed by atoms with E-state index in [1.54, 1.807) is 48.5 Å². The van der Waals surface area contributed by atoms with Gasteiger partial charge in [0.2, 0.25) is 0 Å². The fraction of sp³-hybridized carbons (Fsp3) is 0. The molecule has 96 valence electrons. The Morgan fingerprint density at radius 3 is 1.47 bits per heavy atom. The van der Waals surface area contributed by atoms with Crippen LogP contribution in [0.1, 0.15) is 20.7 Å². The molecule has 0 saturated heterocycles. The molecule has 2 aromatic carbocycles. The van der Waals surface area contributed by atoms with Crippen LogP contribution in [0.4, 0.5) is 0 Å². The fourth-order valence-corrected chi connectivity index (χ4v) is 4.61. The van der Waals surface area contributed by atoms with Crippen molar-refractivity contribution in [2.24, 2.45) is 0 Å². The van der Waals surface area contributed by atoms with Gasteiger partial charge in [0.25, 0.3) is 0 Å². The molecule has 0 spiro atoms. The molecule has 2 aromatic rings. The van der Waals surface area contributed by atoms with Crippen molar-refractivity contribution in [1.29, 1.82) is 0 Å². The molecule has 0 aliphatic rings. The molecule has 5 heteroatoms. The first-order chi connectivity index (χ1) is 9.09. The summed E-state index contributed by atoms with van der Waals surface area (Å²) in [6.45, 7) is 0. The van der Waals surface area contributed by atoms with Gasteiger partial charge < -0.3 is 0 Å². The molecule has 0 saturated carbocycles. The Morgan fingerprint density at radius 2 is 1.11 bits per heavy atom. The molecule has 4 nitrogen and oxygen atoms in total. The molecule has 0 atom stereocenters. The Kier molecular flexibility index (Phi) is 4.20. The molecule has 0 heterocycles. The van der Waals surface area contributed by atoms with Gasteiger partial charge >= 0.3 is 120 Å². The third kappa shape index (κ3) is 3.14. The van der Waals surface area contributed by atoms with Crippen LogP contribution in [0.3, 0.4) is 0 Å². The molecule has 0 aliphatic carbocycles. The molecule has 19 heavy (non-hydrogen) atoms. The van der Waals surface area contributed by atoms with Crippen LogP contribution in [0.5, 0.6) is 0 Å². The van der Waals surface area contributed by atoms with Crippen LogP contribution in [-0.4, -0.2) is 43.1 Å². The molecule has 0 radical (unpaired) electrons. The first-order valence-electron chi connectivity index (χ1n) is 5.42. The molecule has 0 amide bonds. The van der Waals surface area contributed by atoms with Crippen LogP contribution < -0.4 is 7.22 Å². The summed E-state index contributed by atoms with van der Waals surface area (Å²) in [6.07, 6.45) is 0. The number of carboxylic acids is 2. The van der Waals surface area contributed by atoms with Crippen LogP contribution >= 0.6 is 0 Å². The van der Waals surface area contributed by atoms with Gasteiger partial charge in [0.05, 0.1) is 0 Å². The Labute approximate surface area is 119 Å². The van der Waals surface area contributed by atoms with Crippen LogP contribution in [0, 0.1) is 0 Å². The number of hydrogen-bond acceptors (Lipinski definition) is 2. The normalized spacial score (nSPS) is 10.1. The predicted molar refractivity (Wildman–Crippen MR) is 71.8 cm³/mol. The molecule has 0 bridgehead atoms. The van der Waals surface area contributed by atoms with Gasteiger partial charge in [-0.3, -0.25) is 0 Å². The summed E-state index contributed by atoms with van der Waals surface area (Å²) in [6, 6.07) is 13.5. The topological polar surface area (TPSA) is 74.6 Å². The monoisotopic (exact) mass is 372 g/mol. The number of benzene rings is 2. The number of hydrogen-bond donors (Lipinski definition) is 2. The van der Waals surface area contributed by atoms with E-state index in [4.69, 9.17) is 10.2 Å². The molecule has 2 N–H and O–H groups in total. The maximum atomic E-state index is 11.1. The molecule has 0 aliphatic heterocycles. The van der Waals surface area contributed by atoms with E-state index in [9.17, 15) is 9.59 Å². The first kappa shape index (κ1) is 13.6. The second-order valence-electron chi connectivity index (χ2n) is 3.70. The van der Waals surface area contributed by atoms with E-state index in [2.05, 4.69) is 0 Å². The van der Waals surface area contributed by atoms with E-state index < -0.39 is 32.9 Å². The number of carboxylic acid groups (broad SMARTS) is 2. The first-order valence-corrected chi connectivity index (χ1v) is 7.75. The predicted octanol–water partition coefficient (Wildman–Crippen LogP) is 0.738. The van der Waals surface area contributed by atoms with E-state index in [1.807, 2.05) is 0 Å². The summed E-state index contributed by atoms with van der Waals surface area (Å²) in [7, 11) is 0. The van der Waals surface area contributed by atoms with Gasteiger partial charge in [-0.05, 0) is 0 Å². The molecule has 0 aromatic heterocycles. The van der Waals surface area contributed by atoms with Crippen molar-refractivity contribution in [3.8, 4) is 0 Å². The summed E-state index contributed by atoms with van der Waals surface area (Å²) in [5.41, 5.74) is 0.509. The quantitative estimate of drug-likeness (QED) is 0.779. The summed E-state index contributed by atoms with van der Waals surface area (Å²) >= 11 is -1.05. The van der Waals surface area contributed by atoms with Crippen molar-refractivity contribution < 1.29 is 19.8 Å². The van der Waals surface area contributed by atoms with Gasteiger partial charge in [-0.25, -0.2) is 0 Å². The van der Waals surface area contributed by atoms with E-state index in [-0.39, 0.29) is 11.1 Å². The Balaban J connectivity index is 2.42. The molecule has 2 rings (SSSR count). The van der Waals surface area contributed by atoms with Crippen molar-refractivity contribution in [1.82, 2.24) is 0 Å². The number of carbonyl (C=O) groups is 2. The zero-order valence-corrected chi connectivity index (χ0v) is 12.1. The van der Waals surface area contributed by atoms with Gasteiger partial charge in [-0.1, -0.05) is 0 Å². The minimum absolute atomic E-state index is 0.255. The Bertz CT molecular complexity index is 581. The third-order valence-electron chi connectivity index (χ3n) is 2.45. The summed E-state index contributed by atoms with van der Waals surface area (Å²) in [5, 5.41) is 18.3. The summed E-state index contributed by atoms with van der Waals surface area (Å²) in [5.74, 6) is -1.96. The van der Waals surface area contributed by atoms with E-state index >= 15 is 0 Å². The van der Waals surface area contributed by atoms with Gasteiger partial charge in [0, 0.05) is 0 Å². The zero-order valence-electron chi connectivity index (χ0n) is 9.74. The SMILES string of the molecule is O=C(O)c1ccccc1[Te]c1ccccc1C(=O)O. The van der Waals surface area contributed by atoms with Crippen molar-refractivity contribution in [3.05, 3.63) is 59.7 Å². The van der Waals surface area contributed by atoms with Gasteiger partial charge in [0.1, 0.15) is 0 Å². The molecular formula is C14H10O4Te. The van der Waals surface area contributed by atoms with Crippen LogP contribution in [0.2, 0.25) is 0 Å². The molecule has 0 fully saturated rings. The van der Waals surface area contributed by atoms with Gasteiger partial charge in [-0.15, -0.1) is 0 Å². The van der Waals surface area contributed by atoms with Crippen molar-refractivity contribution in [2.75, 3.05) is 0 Å². The molecule has 0 unspecified atom stereocenters. The summed E-state index contributed by atoms with van der Waals surface area (Å²) < 4.78 is 1.46. The van der Waals surface area contributed by atoms with E-state index in [0.717, 1.165) is 7.22 Å². The van der Waals surface area contributed by atoms with Crippen LogP contribution in [0.25, 0.3) is 0 Å². The van der Waals surface area contributed by atoms with Crippen molar-refractivity contribution in [3.63, 3.8) is 0 Å². The second-order valence-corrected chi connectivity index (χ2v) is 6.80. The fourth-order valence-electron chi connectivity index (χ4n) is 1.58. The average molecular weight is 370 g/mol. The van der Waals surface area contributed by atoms with Crippen molar-refractivity contribution >= 4 is 40.1 Å². The Hall–Kier alpha value is -1.83. The standard InChI is InChI=1S/C14H10O4Te/c15-13(16)9-5-1-3-7-11(9)19-12-8-4-2-6-10(12)14(17)18/h1-8H,(H,15,16)(H,17,18). The molecular weight excluding hydrogens is 360 g/mol.